The van der Waals surface area contributed by atoms with Crippen LogP contribution in [0.25, 0.3) is 0 Å². The van der Waals surface area contributed by atoms with Crippen LogP contribution < -0.4 is 10.6 Å². The second kappa shape index (κ2) is 5.85. The fourth-order valence-electron chi connectivity index (χ4n) is 2.87. The molecule has 0 saturated carbocycles. The van der Waals surface area contributed by atoms with E-state index in [1.165, 1.54) is 0 Å². The number of anilines is 1. The minimum absolute atomic E-state index is 0.0507. The van der Waals surface area contributed by atoms with Crippen LogP contribution in [0.4, 0.5) is 5.69 Å². The number of carbonyl (C=O) groups excluding carboxylic acids is 2. The molecule has 1 fully saturated rings. The van der Waals surface area contributed by atoms with Crippen molar-refractivity contribution in [2.45, 2.75) is 32.2 Å². The van der Waals surface area contributed by atoms with Gasteiger partial charge in [-0.15, -0.1) is 0 Å². The summed E-state index contributed by atoms with van der Waals surface area (Å²) in [5.74, 6) is 0.151. The Labute approximate surface area is 124 Å². The largest absolute Gasteiger partial charge is 0.333 e. The molecule has 0 aromatic heterocycles. The molecule has 0 bridgehead atoms. The van der Waals surface area contributed by atoms with Gasteiger partial charge < -0.3 is 15.5 Å². The van der Waals surface area contributed by atoms with Gasteiger partial charge in [-0.1, -0.05) is 6.92 Å². The molecule has 1 aromatic rings. The average molecular weight is 287 g/mol. The number of nitrogens with zero attached hydrogens (tertiary/aromatic N) is 1. The first-order valence-electron chi connectivity index (χ1n) is 7.63. The van der Waals surface area contributed by atoms with Crippen LogP contribution >= 0.6 is 0 Å². The first-order valence-corrected chi connectivity index (χ1v) is 7.63. The predicted octanol–water partition coefficient (Wildman–Crippen LogP) is 1.40. The van der Waals surface area contributed by atoms with Crippen molar-refractivity contribution in [2.24, 2.45) is 0 Å². The highest BCUT2D eigenvalue weighted by Gasteiger charge is 2.29. The molecule has 0 spiro atoms. The van der Waals surface area contributed by atoms with E-state index in [0.717, 1.165) is 42.9 Å². The Hall–Kier alpha value is -1.88. The second-order valence-electron chi connectivity index (χ2n) is 5.73. The minimum Gasteiger partial charge on any atom is -0.333 e. The molecule has 2 amide bonds. The van der Waals surface area contributed by atoms with Crippen LogP contribution in [0.5, 0.6) is 0 Å². The van der Waals surface area contributed by atoms with Crippen molar-refractivity contribution in [1.29, 1.82) is 0 Å². The molecule has 3 rings (SSSR count). The molecule has 112 valence electrons. The summed E-state index contributed by atoms with van der Waals surface area (Å²) in [4.78, 5) is 26.1. The number of rotatable bonds is 4. The van der Waals surface area contributed by atoms with Gasteiger partial charge in [-0.05, 0) is 36.6 Å². The molecule has 0 radical (unpaired) electrons. The highest BCUT2D eigenvalue weighted by atomic mass is 16.2. The van der Waals surface area contributed by atoms with Crippen LogP contribution in [0, 0.1) is 0 Å². The molecule has 2 heterocycles. The molecule has 2 aliphatic rings. The van der Waals surface area contributed by atoms with Gasteiger partial charge in [0.1, 0.15) is 0 Å². The lowest BCUT2D eigenvalue weighted by Gasteiger charge is -2.38. The number of nitrogens with one attached hydrogen (secondary N) is 2. The lowest BCUT2D eigenvalue weighted by atomic mass is 9.99. The van der Waals surface area contributed by atoms with Crippen LogP contribution in [-0.2, 0) is 11.2 Å². The monoisotopic (exact) mass is 287 g/mol. The molecular formula is C16H21N3O2. The molecule has 0 aliphatic carbocycles. The highest BCUT2D eigenvalue weighted by Crippen LogP contribution is 2.24. The number of benzene rings is 1. The van der Waals surface area contributed by atoms with Gasteiger partial charge in [-0.25, -0.2) is 0 Å². The normalized spacial score (nSPS) is 17.7. The van der Waals surface area contributed by atoms with Crippen molar-refractivity contribution in [2.75, 3.05) is 25.0 Å². The van der Waals surface area contributed by atoms with Crippen LogP contribution in [0.1, 0.15) is 35.7 Å². The highest BCUT2D eigenvalue weighted by molar-refractivity contribution is 5.98. The lowest BCUT2D eigenvalue weighted by molar-refractivity contribution is -0.116. The number of carbonyl (C=O) groups is 2. The number of amides is 2. The molecule has 1 aromatic carbocycles. The number of hydrogen-bond acceptors (Lipinski definition) is 3. The SMILES string of the molecule is CCCN(C(=O)c1ccc2c(c1)CCC(=O)N2)C1CNC1. The Morgan fingerprint density at radius 2 is 2.14 bits per heavy atom. The molecule has 5 nitrogen and oxygen atoms in total. The molecule has 2 aliphatic heterocycles. The van der Waals surface area contributed by atoms with E-state index in [4.69, 9.17) is 0 Å². The number of hydrogen-bond donors (Lipinski definition) is 2. The zero-order valence-corrected chi connectivity index (χ0v) is 12.3. The van der Waals surface area contributed by atoms with Gasteiger partial charge in [0, 0.05) is 37.3 Å². The van der Waals surface area contributed by atoms with E-state index >= 15 is 0 Å². The number of aryl methyl sites for hydroxylation is 1. The van der Waals surface area contributed by atoms with E-state index < -0.39 is 0 Å². The van der Waals surface area contributed by atoms with Gasteiger partial charge in [-0.2, -0.15) is 0 Å². The summed E-state index contributed by atoms with van der Waals surface area (Å²) >= 11 is 0. The maximum absolute atomic E-state index is 12.7. The van der Waals surface area contributed by atoms with Crippen molar-refractivity contribution < 1.29 is 9.59 Å². The van der Waals surface area contributed by atoms with Crippen LogP contribution in [0.3, 0.4) is 0 Å². The maximum atomic E-state index is 12.7. The van der Waals surface area contributed by atoms with E-state index in [2.05, 4.69) is 17.6 Å². The Balaban J connectivity index is 1.81. The van der Waals surface area contributed by atoms with Gasteiger partial charge in [0.25, 0.3) is 5.91 Å². The van der Waals surface area contributed by atoms with E-state index in [-0.39, 0.29) is 11.8 Å². The van der Waals surface area contributed by atoms with Crippen LogP contribution in [-0.4, -0.2) is 42.4 Å². The van der Waals surface area contributed by atoms with Gasteiger partial charge in [0.15, 0.2) is 0 Å². The molecular weight excluding hydrogens is 266 g/mol. The molecule has 21 heavy (non-hydrogen) atoms. The maximum Gasteiger partial charge on any atom is 0.254 e. The van der Waals surface area contributed by atoms with Gasteiger partial charge >= 0.3 is 0 Å². The summed E-state index contributed by atoms with van der Waals surface area (Å²) in [6.07, 6.45) is 2.17. The van der Waals surface area contributed by atoms with Crippen molar-refractivity contribution in [3.8, 4) is 0 Å². The molecule has 0 unspecified atom stereocenters. The van der Waals surface area contributed by atoms with Crippen LogP contribution in [0.15, 0.2) is 18.2 Å². The summed E-state index contributed by atoms with van der Waals surface area (Å²) in [5.41, 5.74) is 2.63. The fraction of sp³-hybridized carbons (Fsp3) is 0.500. The van der Waals surface area contributed by atoms with Gasteiger partial charge in [-0.3, -0.25) is 9.59 Å². The Morgan fingerprint density at radius 1 is 1.33 bits per heavy atom. The summed E-state index contributed by atoms with van der Waals surface area (Å²) in [6.45, 7) is 4.65. The summed E-state index contributed by atoms with van der Waals surface area (Å²) in [5, 5.41) is 6.07. The van der Waals surface area contributed by atoms with Gasteiger partial charge in [0.05, 0.1) is 6.04 Å². The molecule has 0 atom stereocenters. The molecule has 5 heteroatoms. The Morgan fingerprint density at radius 3 is 2.81 bits per heavy atom. The standard InChI is InChI=1S/C16H21N3O2/c1-2-7-19(13-9-17-10-13)16(21)12-3-5-14-11(8-12)4-6-15(20)18-14/h3,5,8,13,17H,2,4,6-7,9-10H2,1H3,(H,18,20). The third kappa shape index (κ3) is 2.78. The average Bonchev–Trinajstić information content (AvgIpc) is 2.43. The smallest absolute Gasteiger partial charge is 0.254 e. The molecule has 1 saturated heterocycles. The fourth-order valence-corrected chi connectivity index (χ4v) is 2.87. The first-order chi connectivity index (χ1) is 10.2. The zero-order chi connectivity index (χ0) is 14.8. The second-order valence-corrected chi connectivity index (χ2v) is 5.73. The molecule has 2 N–H and O–H groups in total. The minimum atomic E-state index is 0.0507. The van der Waals surface area contributed by atoms with Crippen LogP contribution in [0.2, 0.25) is 0 Å². The van der Waals surface area contributed by atoms with Crippen molar-refractivity contribution >= 4 is 17.5 Å². The van der Waals surface area contributed by atoms with Crippen molar-refractivity contribution in [3.63, 3.8) is 0 Å². The zero-order valence-electron chi connectivity index (χ0n) is 12.3. The summed E-state index contributed by atoms with van der Waals surface area (Å²) < 4.78 is 0. The summed E-state index contributed by atoms with van der Waals surface area (Å²) in [7, 11) is 0. The third-order valence-electron chi connectivity index (χ3n) is 4.17. The van der Waals surface area contributed by atoms with Gasteiger partial charge in [0.2, 0.25) is 5.91 Å². The van der Waals surface area contributed by atoms with E-state index in [0.29, 0.717) is 18.9 Å². The Kier molecular flexibility index (Phi) is 3.92. The van der Waals surface area contributed by atoms with E-state index in [9.17, 15) is 9.59 Å². The lowest BCUT2D eigenvalue weighted by Crippen LogP contribution is -2.59. The topological polar surface area (TPSA) is 61.4 Å². The Bertz CT molecular complexity index is 567. The van der Waals surface area contributed by atoms with E-state index in [1.807, 2.05) is 23.1 Å². The summed E-state index contributed by atoms with van der Waals surface area (Å²) in [6, 6.07) is 5.92. The van der Waals surface area contributed by atoms with E-state index in [1.54, 1.807) is 0 Å². The third-order valence-corrected chi connectivity index (χ3v) is 4.17. The first kappa shape index (κ1) is 14.1. The number of fused-ring (bicyclic) bond motifs is 1. The predicted molar refractivity (Wildman–Crippen MR) is 81.4 cm³/mol. The van der Waals surface area contributed by atoms with Crippen molar-refractivity contribution in [1.82, 2.24) is 10.2 Å². The van der Waals surface area contributed by atoms with Crippen molar-refractivity contribution in [3.05, 3.63) is 29.3 Å². The quantitative estimate of drug-likeness (QED) is 0.880.